The first-order valence-corrected chi connectivity index (χ1v) is 10.3. The van der Waals surface area contributed by atoms with Crippen molar-refractivity contribution in [2.45, 2.75) is 19.5 Å². The van der Waals surface area contributed by atoms with Gasteiger partial charge >= 0.3 is 6.18 Å². The molecule has 0 spiro atoms. The minimum atomic E-state index is -4.80. The first kappa shape index (κ1) is 24.4. The molecule has 1 aromatic carbocycles. The van der Waals surface area contributed by atoms with E-state index in [1.807, 2.05) is 0 Å². The lowest BCUT2D eigenvalue weighted by Crippen LogP contribution is -2.49. The van der Waals surface area contributed by atoms with Crippen LogP contribution in [0.1, 0.15) is 24.5 Å². The third-order valence-corrected chi connectivity index (χ3v) is 5.80. The van der Waals surface area contributed by atoms with Crippen molar-refractivity contribution in [3.8, 4) is 6.07 Å². The Kier molecular flexibility index (Phi) is 7.19. The average Bonchev–Trinajstić information content (AvgIpc) is 2.99. The van der Waals surface area contributed by atoms with Gasteiger partial charge in [0.05, 0.1) is 22.9 Å². The van der Waals surface area contributed by atoms with Gasteiger partial charge in [-0.3, -0.25) is 19.3 Å². The summed E-state index contributed by atoms with van der Waals surface area (Å²) in [6.07, 6.45) is -4.55. The quantitative estimate of drug-likeness (QED) is 0.598. The number of methoxy groups -OCH3 is 1. The molecule has 33 heavy (non-hydrogen) atoms. The smallest absolute Gasteiger partial charge is 0.375 e. The number of halogens is 3. The minimum Gasteiger partial charge on any atom is -0.375 e. The van der Waals surface area contributed by atoms with Gasteiger partial charge in [-0.2, -0.15) is 18.4 Å². The minimum absolute atomic E-state index is 0.0178. The van der Waals surface area contributed by atoms with E-state index in [1.54, 1.807) is 4.90 Å². The van der Waals surface area contributed by atoms with Crippen molar-refractivity contribution in [1.29, 1.82) is 5.26 Å². The first-order valence-electron chi connectivity index (χ1n) is 10.3. The summed E-state index contributed by atoms with van der Waals surface area (Å²) >= 11 is 0. The number of amides is 3. The maximum Gasteiger partial charge on any atom is 0.417 e. The van der Waals surface area contributed by atoms with Crippen LogP contribution in [-0.2, 0) is 25.3 Å². The van der Waals surface area contributed by atoms with Crippen molar-refractivity contribution in [2.24, 2.45) is 0 Å². The predicted molar refractivity (Wildman–Crippen MR) is 111 cm³/mol. The Morgan fingerprint density at radius 1 is 1.15 bits per heavy atom. The number of ether oxygens (including phenoxy) is 1. The highest BCUT2D eigenvalue weighted by atomic mass is 19.4. The fourth-order valence-electron chi connectivity index (χ4n) is 3.92. The summed E-state index contributed by atoms with van der Waals surface area (Å²) in [5.41, 5.74) is -1.58. The van der Waals surface area contributed by atoms with Gasteiger partial charge in [-0.25, -0.2) is 4.90 Å². The molecule has 11 heteroatoms. The van der Waals surface area contributed by atoms with Crippen molar-refractivity contribution in [3.63, 3.8) is 0 Å². The van der Waals surface area contributed by atoms with E-state index >= 15 is 0 Å². The van der Waals surface area contributed by atoms with Crippen LogP contribution in [0.3, 0.4) is 0 Å². The van der Waals surface area contributed by atoms with Crippen molar-refractivity contribution in [1.82, 2.24) is 9.80 Å². The van der Waals surface area contributed by atoms with E-state index < -0.39 is 29.1 Å². The third-order valence-electron chi connectivity index (χ3n) is 5.80. The van der Waals surface area contributed by atoms with Gasteiger partial charge in [-0.15, -0.1) is 0 Å². The highest BCUT2D eigenvalue weighted by molar-refractivity contribution is 6.32. The lowest BCUT2D eigenvalue weighted by Gasteiger charge is -2.34. The van der Waals surface area contributed by atoms with Gasteiger partial charge in [0.1, 0.15) is 6.61 Å². The first-order chi connectivity index (χ1) is 15.6. The SMILES string of the molecule is COCC(=O)N1CCN(CCC2=C(C)C(=O)N(c3ccc(C#N)c(C(F)(F)F)c3)C2=O)CC1. The summed E-state index contributed by atoms with van der Waals surface area (Å²) < 4.78 is 44.8. The number of rotatable bonds is 6. The second-order valence-corrected chi connectivity index (χ2v) is 7.79. The van der Waals surface area contributed by atoms with Crippen LogP contribution >= 0.6 is 0 Å². The van der Waals surface area contributed by atoms with Crippen molar-refractivity contribution >= 4 is 23.4 Å². The predicted octanol–water partition coefficient (Wildman–Crippen LogP) is 1.95. The molecular weight excluding hydrogens is 441 g/mol. The molecule has 3 rings (SSSR count). The molecule has 0 N–H and O–H groups in total. The molecule has 1 fully saturated rings. The summed E-state index contributed by atoms with van der Waals surface area (Å²) in [6, 6.07) is 4.25. The lowest BCUT2D eigenvalue weighted by atomic mass is 10.1. The van der Waals surface area contributed by atoms with E-state index in [-0.39, 0.29) is 35.8 Å². The molecule has 0 unspecified atom stereocenters. The van der Waals surface area contributed by atoms with E-state index in [2.05, 4.69) is 4.90 Å². The molecule has 3 amide bonds. The molecular formula is C22H23F3N4O4. The van der Waals surface area contributed by atoms with E-state index in [9.17, 15) is 27.6 Å². The standard InChI is InChI=1S/C22H23F3N4O4/c1-14-17(5-6-27-7-9-28(10-8-27)19(30)13-33-2)21(32)29(20(14)31)16-4-3-15(12-26)18(11-16)22(23,24)25/h3-4,11H,5-10,13H2,1-2H3. The lowest BCUT2D eigenvalue weighted by molar-refractivity contribution is -0.138. The fraction of sp³-hybridized carbons (Fsp3) is 0.455. The summed E-state index contributed by atoms with van der Waals surface area (Å²) in [7, 11) is 1.45. The molecule has 0 aliphatic carbocycles. The zero-order chi connectivity index (χ0) is 24.3. The zero-order valence-corrected chi connectivity index (χ0v) is 18.2. The zero-order valence-electron chi connectivity index (χ0n) is 18.2. The van der Waals surface area contributed by atoms with Crippen LogP contribution < -0.4 is 4.90 Å². The normalized spacial score (nSPS) is 17.7. The largest absolute Gasteiger partial charge is 0.417 e. The fourth-order valence-corrected chi connectivity index (χ4v) is 3.92. The number of imide groups is 1. The summed E-state index contributed by atoms with van der Waals surface area (Å²) in [5, 5.41) is 8.96. The number of carbonyl (C=O) groups excluding carboxylic acids is 3. The van der Waals surface area contributed by atoms with E-state index in [4.69, 9.17) is 10.00 Å². The average molecular weight is 464 g/mol. The van der Waals surface area contributed by atoms with Crippen LogP contribution in [0, 0.1) is 11.3 Å². The van der Waals surface area contributed by atoms with Gasteiger partial charge in [0.2, 0.25) is 5.91 Å². The highest BCUT2D eigenvalue weighted by Crippen LogP contribution is 2.36. The number of piperazine rings is 1. The monoisotopic (exact) mass is 464 g/mol. The molecule has 1 saturated heterocycles. The maximum absolute atomic E-state index is 13.3. The van der Waals surface area contributed by atoms with E-state index in [0.29, 0.717) is 38.8 Å². The van der Waals surface area contributed by atoms with Crippen molar-refractivity contribution in [2.75, 3.05) is 51.3 Å². The number of anilines is 1. The number of alkyl halides is 3. The number of nitrogens with zero attached hydrogens (tertiary/aromatic N) is 4. The maximum atomic E-state index is 13.3. The van der Waals surface area contributed by atoms with E-state index in [0.717, 1.165) is 17.0 Å². The van der Waals surface area contributed by atoms with Crippen molar-refractivity contribution in [3.05, 3.63) is 40.5 Å². The Morgan fingerprint density at radius 2 is 1.82 bits per heavy atom. The number of hydrogen-bond acceptors (Lipinski definition) is 6. The Morgan fingerprint density at radius 3 is 2.39 bits per heavy atom. The van der Waals surface area contributed by atoms with Crippen LogP contribution in [0.5, 0.6) is 0 Å². The van der Waals surface area contributed by atoms with Crippen LogP contribution in [0.25, 0.3) is 0 Å². The van der Waals surface area contributed by atoms with Gasteiger partial charge < -0.3 is 9.64 Å². The molecule has 0 atom stereocenters. The summed E-state index contributed by atoms with van der Waals surface area (Å²) in [4.78, 5) is 42.0. The molecule has 2 aliphatic rings. The number of hydrogen-bond donors (Lipinski definition) is 0. The van der Waals surface area contributed by atoms with Gasteiger partial charge in [-0.1, -0.05) is 0 Å². The topological polar surface area (TPSA) is 93.9 Å². The van der Waals surface area contributed by atoms with Gasteiger partial charge in [0, 0.05) is 51.0 Å². The Bertz CT molecular complexity index is 1040. The van der Waals surface area contributed by atoms with Crippen LogP contribution in [0.4, 0.5) is 18.9 Å². The van der Waals surface area contributed by atoms with Crippen molar-refractivity contribution < 1.29 is 32.3 Å². The molecule has 2 heterocycles. The Balaban J connectivity index is 1.69. The molecule has 1 aromatic rings. The van der Waals surface area contributed by atoms with Gasteiger partial charge in [0.25, 0.3) is 11.8 Å². The van der Waals surface area contributed by atoms with Gasteiger partial charge in [-0.05, 0) is 31.5 Å². The summed E-state index contributed by atoms with van der Waals surface area (Å²) in [6.45, 7) is 4.19. The Labute approximate surface area is 188 Å². The molecule has 0 aromatic heterocycles. The second-order valence-electron chi connectivity index (χ2n) is 7.79. The number of carbonyl (C=O) groups is 3. The second kappa shape index (κ2) is 9.72. The number of nitriles is 1. The molecule has 176 valence electrons. The van der Waals surface area contributed by atoms with E-state index in [1.165, 1.54) is 20.1 Å². The van der Waals surface area contributed by atoms with Crippen LogP contribution in [-0.4, -0.2) is 74.0 Å². The molecule has 0 radical (unpaired) electrons. The van der Waals surface area contributed by atoms with Crippen LogP contribution in [0.2, 0.25) is 0 Å². The molecule has 2 aliphatic heterocycles. The highest BCUT2D eigenvalue weighted by Gasteiger charge is 2.39. The summed E-state index contributed by atoms with van der Waals surface area (Å²) in [5.74, 6) is -1.43. The number of benzene rings is 1. The molecule has 0 bridgehead atoms. The molecule has 8 nitrogen and oxygen atoms in total. The van der Waals surface area contributed by atoms with Gasteiger partial charge in [0.15, 0.2) is 0 Å². The Hall–Kier alpha value is -3.23. The third kappa shape index (κ3) is 5.07. The molecule has 0 saturated carbocycles. The van der Waals surface area contributed by atoms with Crippen LogP contribution in [0.15, 0.2) is 29.3 Å².